The number of methoxy groups -OCH3 is 1. The van der Waals surface area contributed by atoms with Gasteiger partial charge in [0.2, 0.25) is 0 Å². The highest BCUT2D eigenvalue weighted by atomic mass is 35.5. The summed E-state index contributed by atoms with van der Waals surface area (Å²) in [4.78, 5) is 6.35. The third-order valence-corrected chi connectivity index (χ3v) is 3.20. The maximum atomic E-state index is 6.02. The molecule has 1 aliphatic heterocycles. The quantitative estimate of drug-likeness (QED) is 0.822. The summed E-state index contributed by atoms with van der Waals surface area (Å²) in [6.07, 6.45) is 2.54. The van der Waals surface area contributed by atoms with Crippen molar-refractivity contribution in [2.75, 3.05) is 31.7 Å². The maximum Gasteiger partial charge on any atom is 0.273 e. The Kier molecular flexibility index (Phi) is 4.31. The highest BCUT2D eigenvalue weighted by Crippen LogP contribution is 2.29. The summed E-state index contributed by atoms with van der Waals surface area (Å²) in [5, 5.41) is 0.618. The predicted molar refractivity (Wildman–Crippen MR) is 73.1 cm³/mol. The number of anilines is 1. The van der Waals surface area contributed by atoms with E-state index in [1.165, 1.54) is 0 Å². The molecule has 1 aromatic carbocycles. The van der Waals surface area contributed by atoms with E-state index in [1.54, 1.807) is 7.11 Å². The van der Waals surface area contributed by atoms with Crippen molar-refractivity contribution in [1.82, 2.24) is 0 Å². The lowest BCUT2D eigenvalue weighted by atomic mass is 10.2. The molecule has 0 bridgehead atoms. The fourth-order valence-electron chi connectivity index (χ4n) is 1.89. The van der Waals surface area contributed by atoms with Crippen molar-refractivity contribution in [3.05, 3.63) is 23.2 Å². The van der Waals surface area contributed by atoms with Crippen LogP contribution in [0.15, 0.2) is 23.2 Å². The second-order valence-corrected chi connectivity index (χ2v) is 4.45. The molecular weight excluding hydrogens is 252 g/mol. The number of nitrogens with zero attached hydrogens (tertiary/aromatic N) is 2. The van der Waals surface area contributed by atoms with Crippen molar-refractivity contribution in [3.63, 3.8) is 0 Å². The molecule has 0 spiro atoms. The highest BCUT2D eigenvalue weighted by Gasteiger charge is 2.17. The largest absolute Gasteiger partial charge is 0.495 e. The van der Waals surface area contributed by atoms with Crippen LogP contribution in [-0.4, -0.2) is 39.2 Å². The summed E-state index contributed by atoms with van der Waals surface area (Å²) in [5.74, 6) is 0.686. The van der Waals surface area contributed by atoms with Crippen LogP contribution in [0.2, 0.25) is 5.02 Å². The predicted octanol–water partition coefficient (Wildman–Crippen LogP) is 2.48. The fourth-order valence-corrected chi connectivity index (χ4v) is 2.09. The first-order valence-corrected chi connectivity index (χ1v) is 6.27. The molecule has 1 heterocycles. The molecule has 0 saturated heterocycles. The molecule has 2 rings (SSSR count). The molecule has 1 radical (unpaired) electrons. The van der Waals surface area contributed by atoms with Gasteiger partial charge in [-0.25, -0.2) is 4.99 Å². The van der Waals surface area contributed by atoms with Crippen molar-refractivity contribution < 1.29 is 9.47 Å². The Hall–Kier alpha value is -1.42. The maximum absolute atomic E-state index is 6.02. The van der Waals surface area contributed by atoms with Gasteiger partial charge in [0.05, 0.1) is 12.1 Å². The molecule has 4 nitrogen and oxygen atoms in total. The number of likely N-dealkylation sites (N-methyl/N-ethyl adjacent to an activating group) is 1. The van der Waals surface area contributed by atoms with Gasteiger partial charge >= 0.3 is 0 Å². The first kappa shape index (κ1) is 13.0. The van der Waals surface area contributed by atoms with E-state index in [-0.39, 0.29) is 6.04 Å². The van der Waals surface area contributed by atoms with Crippen LogP contribution in [0, 0.1) is 0 Å². The number of hydrogen-bond acceptors (Lipinski definition) is 4. The minimum absolute atomic E-state index is 0.145. The van der Waals surface area contributed by atoms with Crippen LogP contribution in [0.4, 0.5) is 5.69 Å². The SMILES string of the molecule is CCN(CC1CO[C]=N1)c1ccc(Cl)c(OC)c1. The van der Waals surface area contributed by atoms with Crippen molar-refractivity contribution in [1.29, 1.82) is 0 Å². The number of benzene rings is 1. The zero-order valence-corrected chi connectivity index (χ0v) is 11.3. The second-order valence-electron chi connectivity index (χ2n) is 4.04. The fraction of sp³-hybridized carbons (Fsp3) is 0.462. The van der Waals surface area contributed by atoms with Gasteiger partial charge in [0.1, 0.15) is 18.4 Å². The van der Waals surface area contributed by atoms with Gasteiger partial charge in [0.15, 0.2) is 0 Å². The van der Waals surface area contributed by atoms with Crippen molar-refractivity contribution in [3.8, 4) is 5.75 Å². The lowest BCUT2D eigenvalue weighted by Crippen LogP contribution is -2.32. The van der Waals surface area contributed by atoms with Gasteiger partial charge in [0, 0.05) is 24.8 Å². The van der Waals surface area contributed by atoms with Gasteiger partial charge in [-0.15, -0.1) is 0 Å². The molecule has 5 heteroatoms. The first-order chi connectivity index (χ1) is 8.74. The van der Waals surface area contributed by atoms with Gasteiger partial charge < -0.3 is 14.4 Å². The van der Waals surface area contributed by atoms with Crippen molar-refractivity contribution in [2.24, 2.45) is 4.99 Å². The van der Waals surface area contributed by atoms with Crippen LogP contribution in [0.25, 0.3) is 0 Å². The molecule has 0 aliphatic carbocycles. The molecule has 0 saturated carbocycles. The number of rotatable bonds is 5. The molecule has 1 aromatic rings. The summed E-state index contributed by atoms with van der Waals surface area (Å²) in [6.45, 7) is 4.39. The van der Waals surface area contributed by atoms with Crippen LogP contribution in [0.1, 0.15) is 6.92 Å². The van der Waals surface area contributed by atoms with E-state index in [0.29, 0.717) is 17.4 Å². The van der Waals surface area contributed by atoms with E-state index in [1.807, 2.05) is 18.2 Å². The molecule has 0 fully saturated rings. The van der Waals surface area contributed by atoms with Crippen LogP contribution in [0.5, 0.6) is 5.75 Å². The highest BCUT2D eigenvalue weighted by molar-refractivity contribution is 6.32. The summed E-state index contributed by atoms with van der Waals surface area (Å²) >= 11 is 6.02. The van der Waals surface area contributed by atoms with Crippen molar-refractivity contribution >= 4 is 23.7 Å². The molecule has 1 atom stereocenters. The third-order valence-electron chi connectivity index (χ3n) is 2.89. The molecule has 1 aliphatic rings. The smallest absolute Gasteiger partial charge is 0.273 e. The van der Waals surface area contributed by atoms with Gasteiger partial charge in [-0.05, 0) is 19.1 Å². The Bertz CT molecular complexity index is 437. The van der Waals surface area contributed by atoms with E-state index in [2.05, 4.69) is 23.2 Å². The topological polar surface area (TPSA) is 34.1 Å². The van der Waals surface area contributed by atoms with E-state index in [0.717, 1.165) is 18.8 Å². The Morgan fingerprint density at radius 2 is 2.44 bits per heavy atom. The summed E-state index contributed by atoms with van der Waals surface area (Å²) in [5.41, 5.74) is 1.07. The molecule has 18 heavy (non-hydrogen) atoms. The summed E-state index contributed by atoms with van der Waals surface area (Å²) in [7, 11) is 1.62. The second kappa shape index (κ2) is 5.96. The number of aliphatic imine (C=N–C) groups is 1. The Morgan fingerprint density at radius 3 is 3.06 bits per heavy atom. The zero-order chi connectivity index (χ0) is 13.0. The molecular formula is C13H16ClN2O2. The van der Waals surface area contributed by atoms with Crippen LogP contribution in [0.3, 0.4) is 0 Å². The van der Waals surface area contributed by atoms with E-state index in [4.69, 9.17) is 21.1 Å². The van der Waals surface area contributed by atoms with Gasteiger partial charge in [-0.3, -0.25) is 0 Å². The number of halogens is 1. The van der Waals surface area contributed by atoms with Gasteiger partial charge in [-0.2, -0.15) is 0 Å². The molecule has 97 valence electrons. The minimum Gasteiger partial charge on any atom is -0.495 e. The lowest BCUT2D eigenvalue weighted by Gasteiger charge is -2.25. The molecule has 1 unspecified atom stereocenters. The summed E-state index contributed by atoms with van der Waals surface area (Å²) in [6, 6.07) is 5.91. The Labute approximate surface area is 112 Å². The molecule has 0 aromatic heterocycles. The Balaban J connectivity index is 2.13. The molecule has 0 N–H and O–H groups in total. The van der Waals surface area contributed by atoms with Crippen molar-refractivity contribution in [2.45, 2.75) is 13.0 Å². The minimum atomic E-state index is 0.145. The standard InChI is InChI=1S/C13H16ClN2O2/c1-3-16(7-10-8-18-9-15-10)11-4-5-12(14)13(6-11)17-2/h4-6,10H,3,7-8H2,1-2H3. The monoisotopic (exact) mass is 267 g/mol. The van der Waals surface area contributed by atoms with Gasteiger partial charge in [-0.1, -0.05) is 11.6 Å². The lowest BCUT2D eigenvalue weighted by molar-refractivity contribution is 0.328. The number of ether oxygens (including phenoxy) is 2. The van der Waals surface area contributed by atoms with E-state index in [9.17, 15) is 0 Å². The summed E-state index contributed by atoms with van der Waals surface area (Å²) < 4.78 is 10.2. The van der Waals surface area contributed by atoms with E-state index < -0.39 is 0 Å². The van der Waals surface area contributed by atoms with Crippen LogP contribution in [-0.2, 0) is 4.74 Å². The third kappa shape index (κ3) is 2.88. The Morgan fingerprint density at radius 1 is 1.61 bits per heavy atom. The first-order valence-electron chi connectivity index (χ1n) is 5.89. The van der Waals surface area contributed by atoms with Gasteiger partial charge in [0.25, 0.3) is 6.40 Å². The van der Waals surface area contributed by atoms with E-state index >= 15 is 0 Å². The number of hydrogen-bond donors (Lipinski definition) is 0. The van der Waals surface area contributed by atoms with Crippen LogP contribution < -0.4 is 9.64 Å². The zero-order valence-electron chi connectivity index (χ0n) is 10.5. The average Bonchev–Trinajstić information content (AvgIpc) is 2.89. The van der Waals surface area contributed by atoms with Crippen LogP contribution >= 0.6 is 11.6 Å². The average molecular weight is 268 g/mol. The normalized spacial score (nSPS) is 17.6. The molecule has 0 amide bonds.